The summed E-state index contributed by atoms with van der Waals surface area (Å²) in [5.74, 6) is 0.332. The molecule has 6 nitrogen and oxygen atoms in total. The number of nitrogens with zero attached hydrogens (tertiary/aromatic N) is 1. The van der Waals surface area contributed by atoms with Gasteiger partial charge in [0, 0.05) is 13.0 Å². The molecule has 1 aliphatic carbocycles. The summed E-state index contributed by atoms with van der Waals surface area (Å²) >= 11 is 0. The molecule has 1 fully saturated rings. The first-order valence-corrected chi connectivity index (χ1v) is 7.95. The molecule has 6 heteroatoms. The Bertz CT molecular complexity index is 549. The highest BCUT2D eigenvalue weighted by Gasteiger charge is 2.15. The number of rotatable bonds is 6. The van der Waals surface area contributed by atoms with E-state index in [4.69, 9.17) is 4.74 Å². The summed E-state index contributed by atoms with van der Waals surface area (Å²) in [5, 5.41) is 6.79. The number of hydrogen-bond donors (Lipinski definition) is 2. The molecule has 0 bridgehead atoms. The maximum absolute atomic E-state index is 11.9. The van der Waals surface area contributed by atoms with Gasteiger partial charge in [-0.2, -0.15) is 5.10 Å². The van der Waals surface area contributed by atoms with Crippen LogP contribution in [0.1, 0.15) is 44.6 Å². The van der Waals surface area contributed by atoms with Crippen molar-refractivity contribution in [2.75, 3.05) is 6.61 Å². The van der Waals surface area contributed by atoms with Gasteiger partial charge < -0.3 is 10.1 Å². The van der Waals surface area contributed by atoms with E-state index in [0.717, 1.165) is 18.4 Å². The van der Waals surface area contributed by atoms with Gasteiger partial charge >= 0.3 is 0 Å². The molecule has 124 valence electrons. The van der Waals surface area contributed by atoms with E-state index in [1.165, 1.54) is 26.2 Å². The topological polar surface area (TPSA) is 79.8 Å². The number of benzene rings is 1. The number of nitrogens with one attached hydrogen (secondary N) is 2. The minimum atomic E-state index is -0.217. The maximum Gasteiger partial charge on any atom is 0.258 e. The molecular formula is C17H23N3O3. The molecule has 0 atom stereocenters. The van der Waals surface area contributed by atoms with Crippen molar-refractivity contribution < 1.29 is 14.3 Å². The number of hydrazone groups is 1. The molecule has 0 radical (unpaired) electrons. The first-order chi connectivity index (χ1) is 11.1. The van der Waals surface area contributed by atoms with Crippen molar-refractivity contribution in [1.29, 1.82) is 0 Å². The van der Waals surface area contributed by atoms with Crippen LogP contribution in [0.4, 0.5) is 0 Å². The zero-order chi connectivity index (χ0) is 16.5. The second-order valence-corrected chi connectivity index (χ2v) is 5.69. The van der Waals surface area contributed by atoms with Gasteiger partial charge in [-0.1, -0.05) is 19.3 Å². The molecule has 2 rings (SSSR count). The van der Waals surface area contributed by atoms with E-state index in [0.29, 0.717) is 11.8 Å². The van der Waals surface area contributed by atoms with E-state index in [-0.39, 0.29) is 18.4 Å². The van der Waals surface area contributed by atoms with E-state index in [9.17, 15) is 9.59 Å². The van der Waals surface area contributed by atoms with Crippen molar-refractivity contribution >= 4 is 18.0 Å². The predicted molar refractivity (Wildman–Crippen MR) is 88.4 cm³/mol. The van der Waals surface area contributed by atoms with Crippen LogP contribution in [0.15, 0.2) is 29.4 Å². The lowest BCUT2D eigenvalue weighted by molar-refractivity contribution is -0.124. The van der Waals surface area contributed by atoms with Crippen LogP contribution < -0.4 is 15.5 Å². The minimum absolute atomic E-state index is 0.0236. The Morgan fingerprint density at radius 3 is 2.57 bits per heavy atom. The molecule has 23 heavy (non-hydrogen) atoms. The monoisotopic (exact) mass is 317 g/mol. The van der Waals surface area contributed by atoms with Gasteiger partial charge in [-0.3, -0.25) is 9.59 Å². The Morgan fingerprint density at radius 1 is 1.22 bits per heavy atom. The first-order valence-electron chi connectivity index (χ1n) is 7.95. The zero-order valence-electron chi connectivity index (χ0n) is 13.4. The van der Waals surface area contributed by atoms with Gasteiger partial charge in [0.2, 0.25) is 5.91 Å². The predicted octanol–water partition coefficient (Wildman–Crippen LogP) is 1.98. The molecule has 1 aromatic carbocycles. The van der Waals surface area contributed by atoms with Crippen molar-refractivity contribution in [3.05, 3.63) is 29.8 Å². The number of ether oxygens (including phenoxy) is 1. The van der Waals surface area contributed by atoms with Crippen LogP contribution in [0.5, 0.6) is 5.75 Å². The quantitative estimate of drug-likeness (QED) is 0.622. The van der Waals surface area contributed by atoms with Crippen LogP contribution in [0, 0.1) is 0 Å². The van der Waals surface area contributed by atoms with Gasteiger partial charge in [-0.25, -0.2) is 5.43 Å². The molecule has 2 N–H and O–H groups in total. The highest BCUT2D eigenvalue weighted by molar-refractivity contribution is 5.82. The molecule has 2 amide bonds. The first kappa shape index (κ1) is 17.0. The molecule has 0 saturated heterocycles. The van der Waals surface area contributed by atoms with Crippen LogP contribution in [0.25, 0.3) is 0 Å². The molecular weight excluding hydrogens is 294 g/mol. The standard InChI is InChI=1S/C17H23N3O3/c1-13(21)20-18-11-14-7-9-16(10-8-14)23-12-17(22)19-15-5-3-2-4-6-15/h7-11,15H,2-6,12H2,1H3,(H,19,22)(H,20,21)/b18-11+. The normalized spacial score (nSPS) is 15.3. The van der Waals surface area contributed by atoms with Gasteiger partial charge in [0.25, 0.3) is 5.91 Å². The maximum atomic E-state index is 11.9. The molecule has 1 aliphatic rings. The lowest BCUT2D eigenvalue weighted by Crippen LogP contribution is -2.38. The summed E-state index contributed by atoms with van der Waals surface area (Å²) in [6.45, 7) is 1.42. The van der Waals surface area contributed by atoms with Gasteiger partial charge in [-0.15, -0.1) is 0 Å². The second-order valence-electron chi connectivity index (χ2n) is 5.69. The largest absolute Gasteiger partial charge is 0.484 e. The Morgan fingerprint density at radius 2 is 1.91 bits per heavy atom. The number of carbonyl (C=O) groups is 2. The van der Waals surface area contributed by atoms with Gasteiger partial charge in [-0.05, 0) is 42.7 Å². The SMILES string of the molecule is CC(=O)N/N=C/c1ccc(OCC(=O)NC2CCCCC2)cc1. The van der Waals surface area contributed by atoms with Crippen molar-refractivity contribution in [2.45, 2.75) is 45.1 Å². The number of carbonyl (C=O) groups excluding carboxylic acids is 2. The Balaban J connectivity index is 1.73. The Kier molecular flexibility index (Phi) is 6.59. The van der Waals surface area contributed by atoms with Crippen molar-refractivity contribution in [3.63, 3.8) is 0 Å². The average Bonchev–Trinajstić information content (AvgIpc) is 2.55. The third-order valence-electron chi connectivity index (χ3n) is 3.66. The molecule has 0 aliphatic heterocycles. The third kappa shape index (κ3) is 6.50. The zero-order valence-corrected chi connectivity index (χ0v) is 13.4. The van der Waals surface area contributed by atoms with E-state index < -0.39 is 0 Å². The molecule has 1 saturated carbocycles. The molecule has 0 spiro atoms. The van der Waals surface area contributed by atoms with E-state index in [2.05, 4.69) is 15.8 Å². The summed E-state index contributed by atoms with van der Waals surface area (Å²) < 4.78 is 5.48. The Labute approximate surface area is 136 Å². The highest BCUT2D eigenvalue weighted by Crippen LogP contribution is 2.17. The highest BCUT2D eigenvalue weighted by atomic mass is 16.5. The van der Waals surface area contributed by atoms with E-state index >= 15 is 0 Å². The second kappa shape index (κ2) is 8.92. The molecule has 0 heterocycles. The fourth-order valence-electron chi connectivity index (χ4n) is 2.51. The van der Waals surface area contributed by atoms with Crippen molar-refractivity contribution in [3.8, 4) is 5.75 Å². The molecule has 1 aromatic rings. The third-order valence-corrected chi connectivity index (χ3v) is 3.66. The summed E-state index contributed by atoms with van der Waals surface area (Å²) in [7, 11) is 0. The summed E-state index contributed by atoms with van der Waals surface area (Å²) in [5.41, 5.74) is 3.17. The Hall–Kier alpha value is -2.37. The minimum Gasteiger partial charge on any atom is -0.484 e. The fourth-order valence-corrected chi connectivity index (χ4v) is 2.51. The van der Waals surface area contributed by atoms with E-state index in [1.807, 2.05) is 0 Å². The number of amides is 2. The summed E-state index contributed by atoms with van der Waals surface area (Å²) in [6.07, 6.45) is 7.31. The van der Waals surface area contributed by atoms with Gasteiger partial charge in [0.05, 0.1) is 6.21 Å². The summed E-state index contributed by atoms with van der Waals surface area (Å²) in [6, 6.07) is 7.44. The molecule has 0 unspecified atom stereocenters. The van der Waals surface area contributed by atoms with Gasteiger partial charge in [0.1, 0.15) is 5.75 Å². The van der Waals surface area contributed by atoms with Gasteiger partial charge in [0.15, 0.2) is 6.61 Å². The van der Waals surface area contributed by atoms with Crippen LogP contribution in [0.3, 0.4) is 0 Å². The van der Waals surface area contributed by atoms with E-state index in [1.54, 1.807) is 30.5 Å². The fraction of sp³-hybridized carbons (Fsp3) is 0.471. The van der Waals surface area contributed by atoms with Crippen LogP contribution >= 0.6 is 0 Å². The molecule has 0 aromatic heterocycles. The smallest absolute Gasteiger partial charge is 0.258 e. The number of hydrogen-bond acceptors (Lipinski definition) is 4. The average molecular weight is 317 g/mol. The van der Waals surface area contributed by atoms with Crippen LogP contribution in [-0.2, 0) is 9.59 Å². The lowest BCUT2D eigenvalue weighted by atomic mass is 9.95. The lowest BCUT2D eigenvalue weighted by Gasteiger charge is -2.22. The summed E-state index contributed by atoms with van der Waals surface area (Å²) in [4.78, 5) is 22.6. The van der Waals surface area contributed by atoms with Crippen molar-refractivity contribution in [2.24, 2.45) is 5.10 Å². The van der Waals surface area contributed by atoms with Crippen molar-refractivity contribution in [1.82, 2.24) is 10.7 Å². The van der Waals surface area contributed by atoms with Crippen LogP contribution in [-0.4, -0.2) is 30.7 Å². The van der Waals surface area contributed by atoms with Crippen LogP contribution in [0.2, 0.25) is 0 Å².